The summed E-state index contributed by atoms with van der Waals surface area (Å²) in [6.45, 7) is 8.04. The Hall–Kier alpha value is -3.15. The van der Waals surface area contributed by atoms with Gasteiger partial charge in [0.25, 0.3) is 5.91 Å². The number of aromatic nitrogens is 1. The summed E-state index contributed by atoms with van der Waals surface area (Å²) in [5.74, 6) is 0.279. The molecule has 0 atom stereocenters. The lowest BCUT2D eigenvalue weighted by Crippen LogP contribution is -2.31. The van der Waals surface area contributed by atoms with E-state index in [2.05, 4.69) is 22.2 Å². The molecule has 1 aromatic heterocycles. The highest BCUT2D eigenvalue weighted by atomic mass is 16.2. The molecule has 0 unspecified atom stereocenters. The van der Waals surface area contributed by atoms with Gasteiger partial charge in [0.05, 0.1) is 12.1 Å². The summed E-state index contributed by atoms with van der Waals surface area (Å²) in [7, 11) is 1.78. The molecule has 2 amide bonds. The van der Waals surface area contributed by atoms with Gasteiger partial charge in [0.2, 0.25) is 5.91 Å². The SMILES string of the molecule is C=CCNC(=O)c1ccc(N(C)CC(=O)Nc2c(C)cccc2C)nc1. The number of carbonyl (C=O) groups excluding carboxylic acids is 2. The summed E-state index contributed by atoms with van der Waals surface area (Å²) in [5.41, 5.74) is 3.35. The first kappa shape index (κ1) is 19.2. The first-order chi connectivity index (χ1) is 12.4. The minimum Gasteiger partial charge on any atom is -0.350 e. The summed E-state index contributed by atoms with van der Waals surface area (Å²) in [4.78, 5) is 30.2. The van der Waals surface area contributed by atoms with E-state index in [0.717, 1.165) is 16.8 Å². The van der Waals surface area contributed by atoms with Gasteiger partial charge in [-0.15, -0.1) is 6.58 Å². The number of rotatable bonds is 7. The molecule has 0 saturated heterocycles. The molecule has 0 aliphatic rings. The molecule has 2 aromatic rings. The average molecular weight is 352 g/mol. The maximum Gasteiger partial charge on any atom is 0.253 e. The van der Waals surface area contributed by atoms with Crippen LogP contribution >= 0.6 is 0 Å². The van der Waals surface area contributed by atoms with E-state index in [1.165, 1.54) is 6.20 Å². The normalized spacial score (nSPS) is 10.1. The summed E-state index contributed by atoms with van der Waals surface area (Å²) in [5, 5.41) is 5.64. The lowest BCUT2D eigenvalue weighted by molar-refractivity contribution is -0.114. The van der Waals surface area contributed by atoms with Crippen LogP contribution in [0, 0.1) is 13.8 Å². The number of benzene rings is 1. The molecular formula is C20H24N4O2. The Morgan fingerprint density at radius 1 is 1.19 bits per heavy atom. The summed E-state index contributed by atoms with van der Waals surface area (Å²) >= 11 is 0. The van der Waals surface area contributed by atoms with Crippen molar-refractivity contribution in [2.24, 2.45) is 0 Å². The van der Waals surface area contributed by atoms with Gasteiger partial charge in [-0.05, 0) is 37.1 Å². The van der Waals surface area contributed by atoms with E-state index in [0.29, 0.717) is 17.9 Å². The molecule has 136 valence electrons. The van der Waals surface area contributed by atoms with E-state index in [1.807, 2.05) is 32.0 Å². The number of aryl methyl sites for hydroxylation is 2. The molecule has 6 heteroatoms. The molecule has 6 nitrogen and oxygen atoms in total. The van der Waals surface area contributed by atoms with Crippen LogP contribution in [0.2, 0.25) is 0 Å². The molecule has 26 heavy (non-hydrogen) atoms. The molecule has 1 heterocycles. The number of nitrogens with one attached hydrogen (secondary N) is 2. The number of nitrogens with zero attached hydrogens (tertiary/aromatic N) is 2. The third kappa shape index (κ3) is 4.92. The van der Waals surface area contributed by atoms with Crippen LogP contribution in [-0.2, 0) is 4.79 Å². The molecule has 2 N–H and O–H groups in total. The van der Waals surface area contributed by atoms with Crippen LogP contribution < -0.4 is 15.5 Å². The monoisotopic (exact) mass is 352 g/mol. The Kier molecular flexibility index (Phi) is 6.49. The van der Waals surface area contributed by atoms with E-state index in [9.17, 15) is 9.59 Å². The molecule has 0 aliphatic heterocycles. The van der Waals surface area contributed by atoms with Crippen molar-refractivity contribution in [3.63, 3.8) is 0 Å². The number of anilines is 2. The van der Waals surface area contributed by atoms with Gasteiger partial charge in [-0.1, -0.05) is 24.3 Å². The van der Waals surface area contributed by atoms with Crippen molar-refractivity contribution in [1.82, 2.24) is 10.3 Å². The van der Waals surface area contributed by atoms with Crippen molar-refractivity contribution in [3.05, 3.63) is 65.9 Å². The molecule has 0 bridgehead atoms. The smallest absolute Gasteiger partial charge is 0.253 e. The number of amides is 2. The minimum absolute atomic E-state index is 0.125. The standard InChI is InChI=1S/C20H24N4O2/c1-5-11-21-20(26)16-9-10-17(22-12-16)24(4)13-18(25)23-19-14(2)7-6-8-15(19)3/h5-10,12H,1,11,13H2,2-4H3,(H,21,26)(H,23,25). The van der Waals surface area contributed by atoms with Crippen molar-refractivity contribution >= 4 is 23.3 Å². The number of carbonyl (C=O) groups is 2. The lowest BCUT2D eigenvalue weighted by atomic mass is 10.1. The zero-order valence-electron chi connectivity index (χ0n) is 15.4. The van der Waals surface area contributed by atoms with E-state index >= 15 is 0 Å². The van der Waals surface area contributed by atoms with E-state index in [-0.39, 0.29) is 18.4 Å². The fraction of sp³-hybridized carbons (Fsp3) is 0.250. The molecule has 0 radical (unpaired) electrons. The Labute approximate surface area is 153 Å². The third-order valence-corrected chi connectivity index (χ3v) is 3.93. The summed E-state index contributed by atoms with van der Waals surface area (Å²) in [6, 6.07) is 9.28. The molecular weight excluding hydrogens is 328 g/mol. The van der Waals surface area contributed by atoms with E-state index in [1.54, 1.807) is 30.2 Å². The van der Waals surface area contributed by atoms with Crippen LogP contribution in [0.1, 0.15) is 21.5 Å². The predicted octanol–water partition coefficient (Wildman–Crippen LogP) is 2.69. The topological polar surface area (TPSA) is 74.3 Å². The van der Waals surface area contributed by atoms with Crippen molar-refractivity contribution in [2.75, 3.05) is 30.4 Å². The van der Waals surface area contributed by atoms with Crippen LogP contribution in [0.25, 0.3) is 0 Å². The van der Waals surface area contributed by atoms with Gasteiger partial charge in [0, 0.05) is 25.5 Å². The van der Waals surface area contributed by atoms with Crippen LogP contribution in [0.3, 0.4) is 0 Å². The Bertz CT molecular complexity index is 780. The van der Waals surface area contributed by atoms with Crippen LogP contribution in [0.15, 0.2) is 49.2 Å². The third-order valence-electron chi connectivity index (χ3n) is 3.93. The second-order valence-electron chi connectivity index (χ2n) is 6.07. The van der Waals surface area contributed by atoms with Gasteiger partial charge < -0.3 is 15.5 Å². The molecule has 0 aliphatic carbocycles. The summed E-state index contributed by atoms with van der Waals surface area (Å²) < 4.78 is 0. The van der Waals surface area contributed by atoms with Gasteiger partial charge in [0.15, 0.2) is 0 Å². The van der Waals surface area contributed by atoms with Gasteiger partial charge in [-0.3, -0.25) is 9.59 Å². The van der Waals surface area contributed by atoms with Crippen LogP contribution in [0.5, 0.6) is 0 Å². The quantitative estimate of drug-likeness (QED) is 0.752. The van der Waals surface area contributed by atoms with Crippen LogP contribution in [-0.4, -0.2) is 36.9 Å². The maximum absolute atomic E-state index is 12.3. The van der Waals surface area contributed by atoms with Gasteiger partial charge in [-0.2, -0.15) is 0 Å². The average Bonchev–Trinajstić information content (AvgIpc) is 2.63. The van der Waals surface area contributed by atoms with Crippen molar-refractivity contribution in [2.45, 2.75) is 13.8 Å². The summed E-state index contributed by atoms with van der Waals surface area (Å²) in [6.07, 6.45) is 3.11. The molecule has 0 spiro atoms. The number of likely N-dealkylation sites (N-methyl/N-ethyl adjacent to an activating group) is 1. The molecule has 2 rings (SSSR count). The van der Waals surface area contributed by atoms with Crippen molar-refractivity contribution < 1.29 is 9.59 Å². The Morgan fingerprint density at radius 2 is 1.88 bits per heavy atom. The number of hydrogen-bond acceptors (Lipinski definition) is 4. The Morgan fingerprint density at radius 3 is 2.46 bits per heavy atom. The number of para-hydroxylation sites is 1. The zero-order valence-corrected chi connectivity index (χ0v) is 15.4. The Balaban J connectivity index is 1.98. The van der Waals surface area contributed by atoms with Crippen molar-refractivity contribution in [3.8, 4) is 0 Å². The zero-order chi connectivity index (χ0) is 19.1. The van der Waals surface area contributed by atoms with E-state index < -0.39 is 0 Å². The fourth-order valence-corrected chi connectivity index (χ4v) is 2.50. The number of hydrogen-bond donors (Lipinski definition) is 2. The minimum atomic E-state index is -0.209. The first-order valence-corrected chi connectivity index (χ1v) is 8.34. The predicted molar refractivity (Wildman–Crippen MR) is 105 cm³/mol. The lowest BCUT2D eigenvalue weighted by Gasteiger charge is -2.19. The molecule has 1 aromatic carbocycles. The number of pyridine rings is 1. The highest BCUT2D eigenvalue weighted by Crippen LogP contribution is 2.19. The second kappa shape index (κ2) is 8.80. The van der Waals surface area contributed by atoms with Gasteiger partial charge in [0.1, 0.15) is 5.82 Å². The highest BCUT2D eigenvalue weighted by molar-refractivity contribution is 5.96. The van der Waals surface area contributed by atoms with Crippen molar-refractivity contribution in [1.29, 1.82) is 0 Å². The molecule has 0 fully saturated rings. The fourth-order valence-electron chi connectivity index (χ4n) is 2.50. The van der Waals surface area contributed by atoms with Gasteiger partial charge in [-0.25, -0.2) is 4.98 Å². The second-order valence-corrected chi connectivity index (χ2v) is 6.07. The highest BCUT2D eigenvalue weighted by Gasteiger charge is 2.12. The van der Waals surface area contributed by atoms with E-state index in [4.69, 9.17) is 0 Å². The van der Waals surface area contributed by atoms with Gasteiger partial charge >= 0.3 is 0 Å². The first-order valence-electron chi connectivity index (χ1n) is 8.34. The largest absolute Gasteiger partial charge is 0.350 e. The molecule has 0 saturated carbocycles. The maximum atomic E-state index is 12.3. The van der Waals surface area contributed by atoms with Crippen LogP contribution in [0.4, 0.5) is 11.5 Å².